The highest BCUT2D eigenvalue weighted by molar-refractivity contribution is 9.10. The van der Waals surface area contributed by atoms with E-state index in [4.69, 9.17) is 5.11 Å². The van der Waals surface area contributed by atoms with Crippen LogP contribution in [0.2, 0.25) is 0 Å². The van der Waals surface area contributed by atoms with Crippen molar-refractivity contribution in [3.05, 3.63) is 28.7 Å². The normalized spacial score (nSPS) is 13.2. The highest BCUT2D eigenvalue weighted by Crippen LogP contribution is 2.24. The summed E-state index contributed by atoms with van der Waals surface area (Å²) in [4.78, 5) is 11.2. The van der Waals surface area contributed by atoms with Gasteiger partial charge in [-0.1, -0.05) is 42.8 Å². The Morgan fingerprint density at radius 2 is 2.06 bits per heavy atom. The third-order valence-corrected chi connectivity index (χ3v) is 2.74. The van der Waals surface area contributed by atoms with Gasteiger partial charge < -0.3 is 10.4 Å². The summed E-state index contributed by atoms with van der Waals surface area (Å²) < 4.78 is 0.926. The Labute approximate surface area is 104 Å². The summed E-state index contributed by atoms with van der Waals surface area (Å²) in [6.45, 7) is 5.70. The Morgan fingerprint density at radius 3 is 2.50 bits per heavy atom. The van der Waals surface area contributed by atoms with Crippen molar-refractivity contribution in [1.82, 2.24) is 0 Å². The first-order valence-electron chi connectivity index (χ1n) is 5.05. The predicted octanol–water partition coefficient (Wildman–Crippen LogP) is 3.36. The van der Waals surface area contributed by atoms with E-state index >= 15 is 0 Å². The summed E-state index contributed by atoms with van der Waals surface area (Å²) in [7, 11) is 0. The first kappa shape index (κ1) is 13.0. The second kappa shape index (κ2) is 4.87. The van der Waals surface area contributed by atoms with Crippen molar-refractivity contribution >= 4 is 27.6 Å². The largest absolute Gasteiger partial charge is 0.480 e. The molecule has 0 saturated heterocycles. The Morgan fingerprint density at radius 1 is 1.44 bits per heavy atom. The van der Waals surface area contributed by atoms with Crippen molar-refractivity contribution < 1.29 is 9.90 Å². The molecule has 0 spiro atoms. The van der Waals surface area contributed by atoms with E-state index in [9.17, 15) is 4.79 Å². The summed E-state index contributed by atoms with van der Waals surface area (Å²) in [5.41, 5.74) is 0.463. The molecule has 0 aromatic heterocycles. The molecule has 1 atom stereocenters. The molecule has 0 heterocycles. The monoisotopic (exact) mass is 285 g/mol. The number of hydrogen-bond donors (Lipinski definition) is 2. The van der Waals surface area contributed by atoms with Gasteiger partial charge in [0.05, 0.1) is 0 Å². The van der Waals surface area contributed by atoms with E-state index in [1.807, 2.05) is 45.0 Å². The minimum atomic E-state index is -0.840. The molecule has 1 aromatic rings. The average molecular weight is 286 g/mol. The van der Waals surface area contributed by atoms with Gasteiger partial charge >= 0.3 is 5.97 Å². The van der Waals surface area contributed by atoms with Crippen molar-refractivity contribution in [1.29, 1.82) is 0 Å². The van der Waals surface area contributed by atoms with Crippen LogP contribution in [0.5, 0.6) is 0 Å². The molecule has 0 aliphatic rings. The van der Waals surface area contributed by atoms with Gasteiger partial charge in [-0.3, -0.25) is 0 Å². The lowest BCUT2D eigenvalue weighted by atomic mass is 9.86. The van der Waals surface area contributed by atoms with Gasteiger partial charge in [0.2, 0.25) is 0 Å². The zero-order chi connectivity index (χ0) is 12.3. The topological polar surface area (TPSA) is 49.3 Å². The number of nitrogens with one attached hydrogen (secondary N) is 1. The minimum Gasteiger partial charge on any atom is -0.480 e. The average Bonchev–Trinajstić information content (AvgIpc) is 2.12. The smallest absolute Gasteiger partial charge is 0.326 e. The van der Waals surface area contributed by atoms with Gasteiger partial charge in [-0.2, -0.15) is 0 Å². The van der Waals surface area contributed by atoms with Crippen molar-refractivity contribution in [2.24, 2.45) is 5.41 Å². The third kappa shape index (κ3) is 3.52. The number of carboxylic acids is 1. The van der Waals surface area contributed by atoms with E-state index < -0.39 is 12.0 Å². The molecule has 88 valence electrons. The van der Waals surface area contributed by atoms with Crippen molar-refractivity contribution in [3.8, 4) is 0 Å². The van der Waals surface area contributed by atoms with Crippen LogP contribution in [0.25, 0.3) is 0 Å². The van der Waals surface area contributed by atoms with E-state index in [1.54, 1.807) is 0 Å². The minimum absolute atomic E-state index is 0.339. The fourth-order valence-electron chi connectivity index (χ4n) is 1.39. The molecule has 3 nitrogen and oxygen atoms in total. The number of hydrogen-bond acceptors (Lipinski definition) is 2. The summed E-state index contributed by atoms with van der Waals surface area (Å²) in [6.07, 6.45) is 0. The highest BCUT2D eigenvalue weighted by atomic mass is 79.9. The quantitative estimate of drug-likeness (QED) is 0.895. The van der Waals surface area contributed by atoms with E-state index in [-0.39, 0.29) is 5.41 Å². The number of rotatable bonds is 3. The molecule has 0 amide bonds. The first-order chi connectivity index (χ1) is 7.30. The Bertz CT molecular complexity index is 385. The van der Waals surface area contributed by atoms with Crippen LogP contribution >= 0.6 is 15.9 Å². The maximum absolute atomic E-state index is 11.2. The van der Waals surface area contributed by atoms with E-state index in [0.29, 0.717) is 0 Å². The van der Waals surface area contributed by atoms with Crippen molar-refractivity contribution in [3.63, 3.8) is 0 Å². The molecule has 0 aliphatic heterocycles. The van der Waals surface area contributed by atoms with Crippen LogP contribution in [0.3, 0.4) is 0 Å². The van der Waals surface area contributed by atoms with E-state index in [0.717, 1.165) is 10.2 Å². The fraction of sp³-hybridized carbons (Fsp3) is 0.417. The van der Waals surface area contributed by atoms with Gasteiger partial charge in [0.1, 0.15) is 6.04 Å². The standard InChI is InChI=1S/C12H16BrNO2/c1-12(2,3)10(11(15)16)14-9-6-4-5-8(13)7-9/h4-7,10,14H,1-3H3,(H,15,16). The Kier molecular flexibility index (Phi) is 3.97. The lowest BCUT2D eigenvalue weighted by molar-refractivity contribution is -0.140. The molecule has 0 radical (unpaired) electrons. The fourth-order valence-corrected chi connectivity index (χ4v) is 1.79. The molecule has 0 bridgehead atoms. The van der Waals surface area contributed by atoms with E-state index in [2.05, 4.69) is 21.2 Å². The maximum atomic E-state index is 11.2. The van der Waals surface area contributed by atoms with Crippen LogP contribution in [0.15, 0.2) is 28.7 Å². The van der Waals surface area contributed by atoms with Gasteiger partial charge in [-0.05, 0) is 23.6 Å². The molecule has 1 rings (SSSR count). The van der Waals surface area contributed by atoms with Gasteiger partial charge in [0, 0.05) is 10.2 Å². The number of anilines is 1. The third-order valence-electron chi connectivity index (χ3n) is 2.25. The van der Waals surface area contributed by atoms with Crippen molar-refractivity contribution in [2.75, 3.05) is 5.32 Å². The summed E-state index contributed by atoms with van der Waals surface area (Å²) in [5, 5.41) is 12.2. The zero-order valence-electron chi connectivity index (χ0n) is 9.62. The lowest BCUT2D eigenvalue weighted by Crippen LogP contribution is -2.41. The van der Waals surface area contributed by atoms with Crippen LogP contribution in [0.4, 0.5) is 5.69 Å². The highest BCUT2D eigenvalue weighted by Gasteiger charge is 2.30. The maximum Gasteiger partial charge on any atom is 0.326 e. The Hall–Kier alpha value is -1.03. The van der Waals surface area contributed by atoms with E-state index in [1.165, 1.54) is 0 Å². The second-order valence-electron chi connectivity index (χ2n) is 4.79. The molecule has 1 aromatic carbocycles. The first-order valence-corrected chi connectivity index (χ1v) is 5.85. The number of aliphatic carboxylic acids is 1. The van der Waals surface area contributed by atoms with Crippen LogP contribution in [0.1, 0.15) is 20.8 Å². The number of carbonyl (C=O) groups is 1. The zero-order valence-corrected chi connectivity index (χ0v) is 11.2. The van der Waals surface area contributed by atoms with Crippen molar-refractivity contribution in [2.45, 2.75) is 26.8 Å². The van der Waals surface area contributed by atoms with Gasteiger partial charge in [0.15, 0.2) is 0 Å². The molecule has 16 heavy (non-hydrogen) atoms. The molecule has 0 fully saturated rings. The number of halogens is 1. The molecule has 2 N–H and O–H groups in total. The summed E-state index contributed by atoms with van der Waals surface area (Å²) in [5.74, 6) is -0.840. The summed E-state index contributed by atoms with van der Waals surface area (Å²) >= 11 is 3.35. The van der Waals surface area contributed by atoms with Crippen LogP contribution < -0.4 is 5.32 Å². The van der Waals surface area contributed by atoms with Gasteiger partial charge in [-0.25, -0.2) is 4.79 Å². The molecule has 0 aliphatic carbocycles. The number of carboxylic acid groups (broad SMARTS) is 1. The molecule has 1 unspecified atom stereocenters. The predicted molar refractivity (Wildman–Crippen MR) is 68.6 cm³/mol. The summed E-state index contributed by atoms with van der Waals surface area (Å²) in [6, 6.07) is 6.88. The molecule has 0 saturated carbocycles. The van der Waals surface area contributed by atoms with Crippen LogP contribution in [-0.4, -0.2) is 17.1 Å². The van der Waals surface area contributed by atoms with Crippen LogP contribution in [-0.2, 0) is 4.79 Å². The molecular weight excluding hydrogens is 270 g/mol. The molecular formula is C12H16BrNO2. The Balaban J connectivity index is 2.89. The van der Waals surface area contributed by atoms with Crippen LogP contribution in [0, 0.1) is 5.41 Å². The molecule has 4 heteroatoms. The van der Waals surface area contributed by atoms with Gasteiger partial charge in [-0.15, -0.1) is 0 Å². The lowest BCUT2D eigenvalue weighted by Gasteiger charge is -2.28. The van der Waals surface area contributed by atoms with Gasteiger partial charge in [0.25, 0.3) is 0 Å². The second-order valence-corrected chi connectivity index (χ2v) is 5.71. The SMILES string of the molecule is CC(C)(C)C(Nc1cccc(Br)c1)C(=O)O. The number of benzene rings is 1.